The van der Waals surface area contributed by atoms with Gasteiger partial charge in [0.25, 0.3) is 0 Å². The van der Waals surface area contributed by atoms with E-state index in [-0.39, 0.29) is 7.12 Å². The van der Waals surface area contributed by atoms with Gasteiger partial charge in [0, 0.05) is 5.56 Å². The van der Waals surface area contributed by atoms with Gasteiger partial charge in [0.2, 0.25) is 0 Å². The summed E-state index contributed by atoms with van der Waals surface area (Å²) >= 11 is 0. The van der Waals surface area contributed by atoms with E-state index in [0.717, 1.165) is 22.5 Å². The van der Waals surface area contributed by atoms with Crippen molar-refractivity contribution in [3.05, 3.63) is 36.1 Å². The number of aromatic nitrogens is 1. The number of nitrogens with zero attached hydrogens (tertiary/aromatic N) is 1. The molecular weight excluding hydrogens is 217 g/mol. The number of benzene rings is 1. The molecule has 1 aromatic carbocycles. The summed E-state index contributed by atoms with van der Waals surface area (Å²) in [5.41, 5.74) is 2.71. The van der Waals surface area contributed by atoms with E-state index in [1.165, 1.54) is 0 Å². The van der Waals surface area contributed by atoms with Crippen LogP contribution in [0.3, 0.4) is 0 Å². The van der Waals surface area contributed by atoms with Crippen LogP contribution in [0.1, 0.15) is 5.76 Å². The SMILES string of the molecule is Cc1onc(-c2ccccc2)c1B1OCCO1. The monoisotopic (exact) mass is 229 g/mol. The molecule has 1 saturated heterocycles. The highest BCUT2D eigenvalue weighted by Gasteiger charge is 2.34. The Morgan fingerprint density at radius 1 is 1.12 bits per heavy atom. The van der Waals surface area contributed by atoms with Gasteiger partial charge in [-0.05, 0) is 6.92 Å². The zero-order valence-corrected chi connectivity index (χ0v) is 9.55. The van der Waals surface area contributed by atoms with Crippen molar-refractivity contribution in [2.75, 3.05) is 13.2 Å². The van der Waals surface area contributed by atoms with Crippen LogP contribution in [-0.2, 0) is 9.31 Å². The van der Waals surface area contributed by atoms with E-state index in [9.17, 15) is 0 Å². The predicted molar refractivity (Wildman–Crippen MR) is 64.0 cm³/mol. The lowest BCUT2D eigenvalue weighted by Gasteiger charge is -2.04. The maximum absolute atomic E-state index is 5.52. The fraction of sp³-hybridized carbons (Fsp3) is 0.250. The number of rotatable bonds is 2. The van der Waals surface area contributed by atoms with Gasteiger partial charge in [-0.3, -0.25) is 0 Å². The lowest BCUT2D eigenvalue weighted by atomic mass is 9.76. The minimum Gasteiger partial charge on any atom is -0.405 e. The van der Waals surface area contributed by atoms with Crippen molar-refractivity contribution in [2.24, 2.45) is 0 Å². The van der Waals surface area contributed by atoms with Gasteiger partial charge in [-0.15, -0.1) is 0 Å². The summed E-state index contributed by atoms with van der Waals surface area (Å²) in [7, 11) is -0.351. The Balaban J connectivity index is 2.06. The molecule has 0 atom stereocenters. The van der Waals surface area contributed by atoms with Crippen LogP contribution < -0.4 is 5.46 Å². The lowest BCUT2D eigenvalue weighted by Crippen LogP contribution is -2.34. The third-order valence-corrected chi connectivity index (χ3v) is 2.81. The van der Waals surface area contributed by atoms with E-state index in [0.29, 0.717) is 13.2 Å². The van der Waals surface area contributed by atoms with Crippen LogP contribution in [0, 0.1) is 6.92 Å². The summed E-state index contributed by atoms with van der Waals surface area (Å²) in [5.74, 6) is 0.746. The molecule has 0 radical (unpaired) electrons. The van der Waals surface area contributed by atoms with E-state index < -0.39 is 0 Å². The van der Waals surface area contributed by atoms with Gasteiger partial charge in [-0.25, -0.2) is 0 Å². The average Bonchev–Trinajstić information content (AvgIpc) is 2.99. The Hall–Kier alpha value is -1.59. The largest absolute Gasteiger partial charge is 0.500 e. The zero-order valence-electron chi connectivity index (χ0n) is 9.55. The maximum atomic E-state index is 5.52. The first-order valence-corrected chi connectivity index (χ1v) is 5.61. The number of hydrogen-bond acceptors (Lipinski definition) is 4. The van der Waals surface area contributed by atoms with Gasteiger partial charge in [0.05, 0.1) is 18.7 Å². The van der Waals surface area contributed by atoms with Crippen LogP contribution >= 0.6 is 0 Å². The second-order valence-electron chi connectivity index (χ2n) is 3.94. The molecule has 4 nitrogen and oxygen atoms in total. The number of hydrogen-bond donors (Lipinski definition) is 0. The summed E-state index contributed by atoms with van der Waals surface area (Å²) in [6, 6.07) is 9.91. The second-order valence-corrected chi connectivity index (χ2v) is 3.94. The predicted octanol–water partition coefficient (Wildman–Crippen LogP) is 1.39. The molecule has 5 heteroatoms. The van der Waals surface area contributed by atoms with Gasteiger partial charge in [0.15, 0.2) is 0 Å². The van der Waals surface area contributed by atoms with Gasteiger partial charge >= 0.3 is 7.12 Å². The third-order valence-electron chi connectivity index (χ3n) is 2.81. The van der Waals surface area contributed by atoms with Gasteiger partial charge < -0.3 is 13.8 Å². The zero-order chi connectivity index (χ0) is 11.7. The van der Waals surface area contributed by atoms with Crippen LogP contribution in [0.2, 0.25) is 0 Å². The minimum atomic E-state index is -0.351. The molecule has 2 aromatic rings. The average molecular weight is 229 g/mol. The molecule has 0 unspecified atom stereocenters. The molecule has 17 heavy (non-hydrogen) atoms. The maximum Gasteiger partial charge on any atom is 0.500 e. The number of aryl methyl sites for hydroxylation is 1. The van der Waals surface area contributed by atoms with Crippen molar-refractivity contribution >= 4 is 12.6 Å². The van der Waals surface area contributed by atoms with Crippen molar-refractivity contribution in [3.8, 4) is 11.3 Å². The molecular formula is C12H12BNO3. The Morgan fingerprint density at radius 3 is 2.53 bits per heavy atom. The van der Waals surface area contributed by atoms with Crippen molar-refractivity contribution in [1.29, 1.82) is 0 Å². The molecule has 3 rings (SSSR count). The van der Waals surface area contributed by atoms with Gasteiger partial charge in [-0.2, -0.15) is 0 Å². The second kappa shape index (κ2) is 4.35. The molecule has 0 amide bonds. The smallest absolute Gasteiger partial charge is 0.405 e. The van der Waals surface area contributed by atoms with Crippen molar-refractivity contribution in [1.82, 2.24) is 5.16 Å². The Labute approximate surface area is 99.7 Å². The molecule has 0 bridgehead atoms. The van der Waals surface area contributed by atoms with E-state index >= 15 is 0 Å². The molecule has 0 spiro atoms. The van der Waals surface area contributed by atoms with Crippen LogP contribution in [0.15, 0.2) is 34.9 Å². The molecule has 1 aliphatic rings. The van der Waals surface area contributed by atoms with Crippen LogP contribution in [0.5, 0.6) is 0 Å². The van der Waals surface area contributed by atoms with E-state index in [2.05, 4.69) is 5.16 Å². The molecule has 1 aliphatic heterocycles. The first kappa shape index (κ1) is 10.6. The first-order chi connectivity index (χ1) is 8.36. The fourth-order valence-corrected chi connectivity index (χ4v) is 1.99. The summed E-state index contributed by atoms with van der Waals surface area (Å²) in [6.07, 6.45) is 0. The van der Waals surface area contributed by atoms with Crippen molar-refractivity contribution in [3.63, 3.8) is 0 Å². The molecule has 1 fully saturated rings. The summed E-state index contributed by atoms with van der Waals surface area (Å²) in [5, 5.41) is 4.10. The van der Waals surface area contributed by atoms with Gasteiger partial charge in [0.1, 0.15) is 11.5 Å². The molecule has 86 valence electrons. The van der Waals surface area contributed by atoms with E-state index in [1.807, 2.05) is 37.3 Å². The summed E-state index contributed by atoms with van der Waals surface area (Å²) < 4.78 is 16.3. The van der Waals surface area contributed by atoms with Crippen molar-refractivity contribution in [2.45, 2.75) is 6.92 Å². The molecule has 0 saturated carbocycles. The topological polar surface area (TPSA) is 44.5 Å². The highest BCUT2D eigenvalue weighted by atomic mass is 16.6. The highest BCUT2D eigenvalue weighted by Crippen LogP contribution is 2.18. The Morgan fingerprint density at radius 2 is 1.82 bits per heavy atom. The summed E-state index contributed by atoms with van der Waals surface area (Å²) in [4.78, 5) is 0. The highest BCUT2D eigenvalue weighted by molar-refractivity contribution is 6.63. The molecule has 0 aliphatic carbocycles. The minimum absolute atomic E-state index is 0.351. The van der Waals surface area contributed by atoms with Gasteiger partial charge in [-0.1, -0.05) is 35.5 Å². The Kier molecular flexibility index (Phi) is 2.70. The van der Waals surface area contributed by atoms with Crippen molar-refractivity contribution < 1.29 is 13.8 Å². The Bertz CT molecular complexity index is 506. The fourth-order valence-electron chi connectivity index (χ4n) is 1.99. The molecule has 0 N–H and O–H groups in total. The molecule has 1 aromatic heterocycles. The summed E-state index contributed by atoms with van der Waals surface area (Å²) in [6.45, 7) is 3.10. The lowest BCUT2D eigenvalue weighted by molar-refractivity contribution is 0.365. The standard InChI is InChI=1S/C12H12BNO3/c1-9-11(13-15-7-8-16-13)12(14-17-9)10-5-3-2-4-6-10/h2-6H,7-8H2,1H3. The van der Waals surface area contributed by atoms with E-state index in [4.69, 9.17) is 13.8 Å². The third kappa shape index (κ3) is 1.88. The van der Waals surface area contributed by atoms with Crippen LogP contribution in [0.4, 0.5) is 0 Å². The quantitative estimate of drug-likeness (QED) is 0.730. The molecule has 2 heterocycles. The van der Waals surface area contributed by atoms with Crippen LogP contribution in [-0.4, -0.2) is 25.5 Å². The first-order valence-electron chi connectivity index (χ1n) is 5.61. The van der Waals surface area contributed by atoms with Crippen LogP contribution in [0.25, 0.3) is 11.3 Å². The van der Waals surface area contributed by atoms with E-state index in [1.54, 1.807) is 0 Å². The normalized spacial score (nSPS) is 15.5.